The second-order valence-corrected chi connectivity index (χ2v) is 12.2. The largest absolute Gasteiger partial charge is 0.308 e. The summed E-state index contributed by atoms with van der Waals surface area (Å²) >= 11 is 3.57. The van der Waals surface area contributed by atoms with E-state index in [0.29, 0.717) is 5.56 Å². The first-order valence-corrected chi connectivity index (χ1v) is 15.2. The zero-order valence-electron chi connectivity index (χ0n) is 22.3. The van der Waals surface area contributed by atoms with E-state index in [0.717, 1.165) is 45.4 Å². The molecule has 2 aliphatic rings. The minimum atomic E-state index is 0.613. The van der Waals surface area contributed by atoms with Gasteiger partial charge in [0, 0.05) is 36.9 Å². The van der Waals surface area contributed by atoms with Crippen molar-refractivity contribution in [3.05, 3.63) is 139 Å². The van der Waals surface area contributed by atoms with Crippen LogP contribution in [0.3, 0.4) is 0 Å². The normalized spacial score (nSPS) is 12.9. The van der Waals surface area contributed by atoms with Crippen LogP contribution in [0.2, 0.25) is 0 Å². The summed E-state index contributed by atoms with van der Waals surface area (Å²) in [6, 6.07) is 46.3. The molecule has 0 unspecified atom stereocenters. The van der Waals surface area contributed by atoms with Gasteiger partial charge in [-0.1, -0.05) is 72.1 Å². The summed E-state index contributed by atoms with van der Waals surface area (Å²) in [6.07, 6.45) is 1.93. The SMILES string of the molecule is N#Cc1ccc(N2c3ccccc3Sc3ccccc32)c(-c2ccc(N3c4ccccc4Sc4ccccc43)nc2)c1. The molecular formula is C36H22N4S2. The smallest absolute Gasteiger partial charge is 0.137 e. The lowest BCUT2D eigenvalue weighted by Gasteiger charge is -2.34. The summed E-state index contributed by atoms with van der Waals surface area (Å²) in [7, 11) is 0. The Morgan fingerprint density at radius 3 is 1.50 bits per heavy atom. The van der Waals surface area contributed by atoms with Gasteiger partial charge in [0.15, 0.2) is 0 Å². The highest BCUT2D eigenvalue weighted by Crippen LogP contribution is 2.54. The maximum atomic E-state index is 9.83. The highest BCUT2D eigenvalue weighted by molar-refractivity contribution is 8.00. The van der Waals surface area contributed by atoms with Crippen LogP contribution in [-0.4, -0.2) is 4.98 Å². The van der Waals surface area contributed by atoms with Crippen LogP contribution in [0.25, 0.3) is 11.1 Å². The first-order valence-electron chi connectivity index (χ1n) is 13.6. The van der Waals surface area contributed by atoms with Crippen LogP contribution in [0, 0.1) is 11.3 Å². The molecule has 0 saturated heterocycles. The molecule has 0 bridgehead atoms. The quantitative estimate of drug-likeness (QED) is 0.209. The number of aromatic nitrogens is 1. The fraction of sp³-hybridized carbons (Fsp3) is 0. The molecule has 0 radical (unpaired) electrons. The molecule has 0 aliphatic carbocycles. The molecule has 0 atom stereocenters. The topological polar surface area (TPSA) is 43.2 Å². The van der Waals surface area contributed by atoms with E-state index >= 15 is 0 Å². The highest BCUT2D eigenvalue weighted by Gasteiger charge is 2.28. The Balaban J connectivity index is 1.27. The second-order valence-electron chi connectivity index (χ2n) is 9.99. The lowest BCUT2D eigenvalue weighted by molar-refractivity contribution is 1.11. The number of anilines is 6. The summed E-state index contributed by atoms with van der Waals surface area (Å²) < 4.78 is 0. The third kappa shape index (κ3) is 4.06. The second kappa shape index (κ2) is 10.1. The third-order valence-corrected chi connectivity index (χ3v) is 9.78. The van der Waals surface area contributed by atoms with E-state index in [-0.39, 0.29) is 0 Å². The van der Waals surface area contributed by atoms with E-state index in [1.54, 1.807) is 23.5 Å². The molecule has 6 heteroatoms. The summed E-state index contributed by atoms with van der Waals surface area (Å²) in [5, 5.41) is 9.83. The number of nitrogens with zero attached hydrogens (tertiary/aromatic N) is 4. The maximum Gasteiger partial charge on any atom is 0.137 e. The van der Waals surface area contributed by atoms with Gasteiger partial charge < -0.3 is 4.90 Å². The average Bonchev–Trinajstić information content (AvgIpc) is 3.06. The molecule has 8 rings (SSSR count). The van der Waals surface area contributed by atoms with Gasteiger partial charge in [-0.2, -0.15) is 5.26 Å². The van der Waals surface area contributed by atoms with Crippen LogP contribution in [0.4, 0.5) is 34.3 Å². The summed E-state index contributed by atoms with van der Waals surface area (Å²) in [4.78, 5) is 14.3. The fourth-order valence-electron chi connectivity index (χ4n) is 5.63. The third-order valence-electron chi connectivity index (χ3n) is 7.52. The van der Waals surface area contributed by atoms with Crippen LogP contribution in [-0.2, 0) is 0 Å². The van der Waals surface area contributed by atoms with Gasteiger partial charge in [0.05, 0.1) is 40.1 Å². The number of rotatable bonds is 3. The first-order chi connectivity index (χ1) is 20.8. The molecule has 198 valence electrons. The van der Waals surface area contributed by atoms with Crippen molar-refractivity contribution < 1.29 is 0 Å². The Hall–Kier alpha value is -4.96. The van der Waals surface area contributed by atoms with Crippen LogP contribution < -0.4 is 9.80 Å². The number of pyridine rings is 1. The van der Waals surface area contributed by atoms with Crippen molar-refractivity contribution >= 4 is 57.8 Å². The highest BCUT2D eigenvalue weighted by atomic mass is 32.2. The molecule has 2 aliphatic heterocycles. The monoisotopic (exact) mass is 574 g/mol. The van der Waals surface area contributed by atoms with Gasteiger partial charge >= 0.3 is 0 Å². The molecule has 4 nitrogen and oxygen atoms in total. The van der Waals surface area contributed by atoms with Crippen molar-refractivity contribution in [1.29, 1.82) is 5.26 Å². The standard InChI is InChI=1S/C36H22N4S2/c37-22-24-17-19-27(39-28-9-1-5-13-32(28)41-33-14-6-2-10-29(33)39)26(21-24)25-18-20-36(38-23-25)40-30-11-3-7-15-34(30)42-35-16-8-4-12-31(35)40/h1-21,23H. The Labute approximate surface area is 252 Å². The Morgan fingerprint density at radius 2 is 1.02 bits per heavy atom. The number of fused-ring (bicyclic) bond motifs is 4. The molecule has 3 heterocycles. The molecule has 1 aromatic heterocycles. The molecule has 0 amide bonds. The minimum Gasteiger partial charge on any atom is -0.308 e. The van der Waals surface area contributed by atoms with Crippen molar-refractivity contribution in [3.63, 3.8) is 0 Å². The van der Waals surface area contributed by atoms with Gasteiger partial charge in [-0.3, -0.25) is 4.90 Å². The molecule has 42 heavy (non-hydrogen) atoms. The average molecular weight is 575 g/mol. The molecular weight excluding hydrogens is 553 g/mol. The van der Waals surface area contributed by atoms with Crippen molar-refractivity contribution in [2.75, 3.05) is 9.80 Å². The zero-order valence-corrected chi connectivity index (χ0v) is 23.9. The minimum absolute atomic E-state index is 0.613. The van der Waals surface area contributed by atoms with Gasteiger partial charge in [-0.15, -0.1) is 0 Å². The number of nitriles is 1. The van der Waals surface area contributed by atoms with Crippen molar-refractivity contribution in [1.82, 2.24) is 4.98 Å². The van der Waals surface area contributed by atoms with E-state index in [9.17, 15) is 5.26 Å². The number of benzene rings is 5. The van der Waals surface area contributed by atoms with Gasteiger partial charge in [-0.05, 0) is 78.9 Å². The number of para-hydroxylation sites is 4. The summed E-state index contributed by atoms with van der Waals surface area (Å²) in [5.74, 6) is 0.849. The van der Waals surface area contributed by atoms with Crippen molar-refractivity contribution in [3.8, 4) is 17.2 Å². The molecule has 0 saturated carbocycles. The van der Waals surface area contributed by atoms with Crippen molar-refractivity contribution in [2.45, 2.75) is 19.6 Å². The summed E-state index contributed by atoms with van der Waals surface area (Å²) in [5.41, 5.74) is 8.01. The van der Waals surface area contributed by atoms with E-state index < -0.39 is 0 Å². The van der Waals surface area contributed by atoms with Gasteiger partial charge in [0.25, 0.3) is 0 Å². The Morgan fingerprint density at radius 1 is 0.524 bits per heavy atom. The van der Waals surface area contributed by atoms with E-state index in [2.05, 4.69) is 131 Å². The molecule has 0 spiro atoms. The number of hydrogen-bond acceptors (Lipinski definition) is 6. The van der Waals surface area contributed by atoms with E-state index in [4.69, 9.17) is 4.98 Å². The lowest BCUT2D eigenvalue weighted by atomic mass is 10.0. The van der Waals surface area contributed by atoms with Crippen molar-refractivity contribution in [2.24, 2.45) is 0 Å². The van der Waals surface area contributed by atoms with Gasteiger partial charge in [0.2, 0.25) is 0 Å². The van der Waals surface area contributed by atoms with Crippen LogP contribution >= 0.6 is 23.5 Å². The number of hydrogen-bond donors (Lipinski definition) is 0. The predicted molar refractivity (Wildman–Crippen MR) is 172 cm³/mol. The predicted octanol–water partition coefficient (Wildman–Crippen LogP) is 10.5. The van der Waals surface area contributed by atoms with Crippen LogP contribution in [0.1, 0.15) is 5.56 Å². The lowest BCUT2D eigenvalue weighted by Crippen LogP contribution is -2.16. The summed E-state index contributed by atoms with van der Waals surface area (Å²) in [6.45, 7) is 0. The fourth-order valence-corrected chi connectivity index (χ4v) is 7.74. The molecule has 5 aromatic carbocycles. The van der Waals surface area contributed by atoms with Crippen LogP contribution in [0.15, 0.2) is 153 Å². The van der Waals surface area contributed by atoms with E-state index in [1.165, 1.54) is 19.6 Å². The van der Waals surface area contributed by atoms with E-state index in [1.807, 2.05) is 18.3 Å². The maximum absolute atomic E-state index is 9.83. The zero-order chi connectivity index (χ0) is 28.0. The Kier molecular flexibility index (Phi) is 5.99. The molecule has 0 fully saturated rings. The van der Waals surface area contributed by atoms with Gasteiger partial charge in [0.1, 0.15) is 5.82 Å². The molecule has 6 aromatic rings. The molecule has 0 N–H and O–H groups in total. The van der Waals surface area contributed by atoms with Crippen LogP contribution in [0.5, 0.6) is 0 Å². The first kappa shape index (κ1) is 24.8. The Bertz CT molecular complexity index is 1940. The van der Waals surface area contributed by atoms with Gasteiger partial charge in [-0.25, -0.2) is 4.98 Å².